The summed E-state index contributed by atoms with van der Waals surface area (Å²) in [4.78, 5) is 0. The van der Waals surface area contributed by atoms with E-state index in [0.29, 0.717) is 16.9 Å². The van der Waals surface area contributed by atoms with Gasteiger partial charge in [0, 0.05) is 7.11 Å². The first-order valence-electron chi connectivity index (χ1n) is 13.1. The van der Waals surface area contributed by atoms with Gasteiger partial charge in [-0.25, -0.2) is 0 Å². The minimum atomic E-state index is 0.400. The molecular formula is C29H48O. The molecule has 0 amide bonds. The van der Waals surface area contributed by atoms with Crippen LogP contribution < -0.4 is 0 Å². The molecule has 0 aromatic carbocycles. The Hall–Kier alpha value is -0.560. The molecule has 2 fully saturated rings. The monoisotopic (exact) mass is 412 g/mol. The molecule has 1 nitrogen and oxygen atoms in total. The summed E-state index contributed by atoms with van der Waals surface area (Å²) in [6.07, 6.45) is 18.0. The maximum Gasteiger partial charge on any atom is 0.0574 e. The summed E-state index contributed by atoms with van der Waals surface area (Å²) in [6, 6.07) is 0. The summed E-state index contributed by atoms with van der Waals surface area (Å²) >= 11 is 0. The highest BCUT2D eigenvalue weighted by Crippen LogP contribution is 2.65. The SMILES string of the molecule is CO[C@H]1CC[C@]2(C)C3=CC[C@@]4(C)C(CC[C@@H]4[C@H](C)CC[C@@H](C)C(C)C)C3=CCC2C1. The van der Waals surface area contributed by atoms with Crippen molar-refractivity contribution in [2.24, 2.45) is 46.3 Å². The van der Waals surface area contributed by atoms with Gasteiger partial charge < -0.3 is 4.74 Å². The predicted octanol–water partition coefficient (Wildman–Crippen LogP) is 8.21. The second kappa shape index (κ2) is 8.42. The van der Waals surface area contributed by atoms with Crippen LogP contribution in [0.2, 0.25) is 0 Å². The highest BCUT2D eigenvalue weighted by atomic mass is 16.5. The molecule has 0 heterocycles. The van der Waals surface area contributed by atoms with E-state index in [2.05, 4.69) is 53.7 Å². The molecule has 4 aliphatic rings. The number of ether oxygens (including phenoxy) is 1. The van der Waals surface area contributed by atoms with Gasteiger partial charge >= 0.3 is 0 Å². The zero-order chi connectivity index (χ0) is 21.7. The molecule has 0 N–H and O–H groups in total. The molecule has 4 rings (SSSR count). The van der Waals surface area contributed by atoms with Crippen molar-refractivity contribution >= 4 is 0 Å². The summed E-state index contributed by atoms with van der Waals surface area (Å²) < 4.78 is 5.76. The first kappa shape index (κ1) is 22.6. The van der Waals surface area contributed by atoms with Gasteiger partial charge in [0.1, 0.15) is 0 Å². The molecule has 0 spiro atoms. The van der Waals surface area contributed by atoms with Crippen LogP contribution in [0.5, 0.6) is 0 Å². The topological polar surface area (TPSA) is 9.23 Å². The standard InChI is InChI=1S/C29H48O/c1-19(2)20(3)8-9-21(4)25-12-13-26-24-11-10-22-18-23(30-7)14-16-28(22,5)27(24)15-17-29(25,26)6/h11,15,19-23,25-26H,8-10,12-14,16-18H2,1-7H3/t20-,21-,22?,23+,25-,26?,28+,29-/m1/s1. The number of fused-ring (bicyclic) bond motifs is 5. The average molecular weight is 413 g/mol. The maximum absolute atomic E-state index is 5.76. The van der Waals surface area contributed by atoms with Crippen LogP contribution >= 0.6 is 0 Å². The third-order valence-corrected chi connectivity index (χ3v) is 10.7. The van der Waals surface area contributed by atoms with Crippen LogP contribution in [0, 0.1) is 46.3 Å². The molecule has 8 atom stereocenters. The summed E-state index contributed by atoms with van der Waals surface area (Å²) in [6.45, 7) is 15.0. The number of methoxy groups -OCH3 is 1. The van der Waals surface area contributed by atoms with Gasteiger partial charge in [-0.1, -0.05) is 66.5 Å². The second-order valence-electron chi connectivity index (χ2n) is 12.5. The normalized spacial score (nSPS) is 42.7. The largest absolute Gasteiger partial charge is 0.381 e. The highest BCUT2D eigenvalue weighted by molar-refractivity contribution is 5.46. The van der Waals surface area contributed by atoms with Crippen molar-refractivity contribution in [3.8, 4) is 0 Å². The van der Waals surface area contributed by atoms with Crippen molar-refractivity contribution in [2.75, 3.05) is 7.11 Å². The Morgan fingerprint density at radius 1 is 1.03 bits per heavy atom. The van der Waals surface area contributed by atoms with E-state index in [1.165, 1.54) is 57.8 Å². The smallest absolute Gasteiger partial charge is 0.0574 e. The second-order valence-corrected chi connectivity index (χ2v) is 12.5. The van der Waals surface area contributed by atoms with Crippen LogP contribution in [0.4, 0.5) is 0 Å². The lowest BCUT2D eigenvalue weighted by Crippen LogP contribution is -2.45. The Kier molecular flexibility index (Phi) is 6.35. The first-order valence-corrected chi connectivity index (χ1v) is 13.1. The fourth-order valence-corrected chi connectivity index (χ4v) is 8.06. The van der Waals surface area contributed by atoms with E-state index >= 15 is 0 Å². The molecule has 0 bridgehead atoms. The molecule has 30 heavy (non-hydrogen) atoms. The molecule has 170 valence electrons. The molecule has 2 unspecified atom stereocenters. The quantitative estimate of drug-likeness (QED) is 0.427. The number of rotatable bonds is 6. The van der Waals surface area contributed by atoms with Crippen LogP contribution in [0.3, 0.4) is 0 Å². The summed E-state index contributed by atoms with van der Waals surface area (Å²) in [5, 5.41) is 0. The van der Waals surface area contributed by atoms with E-state index in [9.17, 15) is 0 Å². The molecule has 4 aliphatic carbocycles. The van der Waals surface area contributed by atoms with Gasteiger partial charge in [-0.3, -0.25) is 0 Å². The third kappa shape index (κ3) is 3.66. The van der Waals surface area contributed by atoms with E-state index in [1.807, 2.05) is 7.11 Å². The molecule has 0 aromatic rings. The molecule has 2 saturated carbocycles. The van der Waals surface area contributed by atoms with E-state index in [-0.39, 0.29) is 0 Å². The Morgan fingerprint density at radius 3 is 2.50 bits per heavy atom. The van der Waals surface area contributed by atoms with E-state index < -0.39 is 0 Å². The Balaban J connectivity index is 1.52. The summed E-state index contributed by atoms with van der Waals surface area (Å²) in [5.74, 6) is 5.03. The fourth-order valence-electron chi connectivity index (χ4n) is 8.06. The molecule has 0 saturated heterocycles. The van der Waals surface area contributed by atoms with Gasteiger partial charge in [0.2, 0.25) is 0 Å². The minimum absolute atomic E-state index is 0.400. The fraction of sp³-hybridized carbons (Fsp3) is 0.862. The van der Waals surface area contributed by atoms with E-state index in [4.69, 9.17) is 4.74 Å². The number of allylic oxidation sites excluding steroid dienone is 4. The lowest BCUT2D eigenvalue weighted by molar-refractivity contribution is 0.00252. The van der Waals surface area contributed by atoms with Crippen molar-refractivity contribution in [1.82, 2.24) is 0 Å². The molecule has 1 heteroatoms. The highest BCUT2D eigenvalue weighted by Gasteiger charge is 2.55. The van der Waals surface area contributed by atoms with Gasteiger partial charge in [0.05, 0.1) is 6.10 Å². The Labute approximate surface area is 187 Å². The van der Waals surface area contributed by atoms with E-state index in [1.54, 1.807) is 11.1 Å². The molecule has 0 radical (unpaired) electrons. The zero-order valence-corrected chi connectivity index (χ0v) is 21.0. The third-order valence-electron chi connectivity index (χ3n) is 10.7. The van der Waals surface area contributed by atoms with Crippen molar-refractivity contribution in [1.29, 1.82) is 0 Å². The van der Waals surface area contributed by atoms with Crippen LogP contribution in [0.25, 0.3) is 0 Å². The Morgan fingerprint density at radius 2 is 1.80 bits per heavy atom. The van der Waals surface area contributed by atoms with Gasteiger partial charge in [-0.05, 0) is 102 Å². The number of hydrogen-bond acceptors (Lipinski definition) is 1. The van der Waals surface area contributed by atoms with Crippen LogP contribution in [-0.2, 0) is 4.74 Å². The van der Waals surface area contributed by atoms with Gasteiger partial charge in [0.25, 0.3) is 0 Å². The van der Waals surface area contributed by atoms with E-state index in [0.717, 1.165) is 35.5 Å². The summed E-state index contributed by atoms with van der Waals surface area (Å²) in [5.41, 5.74) is 4.43. The zero-order valence-electron chi connectivity index (χ0n) is 21.0. The first-order chi connectivity index (χ1) is 14.2. The predicted molar refractivity (Wildman–Crippen MR) is 128 cm³/mol. The minimum Gasteiger partial charge on any atom is -0.381 e. The average Bonchev–Trinajstić information content (AvgIpc) is 3.08. The number of hydrogen-bond donors (Lipinski definition) is 0. The lowest BCUT2D eigenvalue weighted by atomic mass is 9.51. The van der Waals surface area contributed by atoms with Crippen molar-refractivity contribution in [3.05, 3.63) is 23.3 Å². The summed E-state index contributed by atoms with van der Waals surface area (Å²) in [7, 11) is 1.91. The van der Waals surface area contributed by atoms with Crippen molar-refractivity contribution in [2.45, 2.75) is 105 Å². The molecule has 0 aliphatic heterocycles. The van der Waals surface area contributed by atoms with Gasteiger partial charge in [0.15, 0.2) is 0 Å². The van der Waals surface area contributed by atoms with Gasteiger partial charge in [-0.15, -0.1) is 0 Å². The Bertz CT molecular complexity index is 686. The van der Waals surface area contributed by atoms with Crippen LogP contribution in [0.15, 0.2) is 23.3 Å². The molecular weight excluding hydrogens is 364 g/mol. The van der Waals surface area contributed by atoms with Crippen LogP contribution in [-0.4, -0.2) is 13.2 Å². The van der Waals surface area contributed by atoms with Crippen molar-refractivity contribution in [3.63, 3.8) is 0 Å². The lowest BCUT2D eigenvalue weighted by Gasteiger charge is -2.54. The maximum atomic E-state index is 5.76. The molecule has 0 aromatic heterocycles. The van der Waals surface area contributed by atoms with Crippen molar-refractivity contribution < 1.29 is 4.74 Å². The van der Waals surface area contributed by atoms with Gasteiger partial charge in [-0.2, -0.15) is 0 Å². The van der Waals surface area contributed by atoms with Crippen LogP contribution in [0.1, 0.15) is 99.3 Å².